The molecule has 0 aliphatic carbocycles. The highest BCUT2D eigenvalue weighted by Crippen LogP contribution is 2.28. The molecule has 0 aliphatic heterocycles. The first-order chi connectivity index (χ1) is 6.16. The van der Waals surface area contributed by atoms with E-state index < -0.39 is 0 Å². The summed E-state index contributed by atoms with van der Waals surface area (Å²) >= 11 is 6.08. The summed E-state index contributed by atoms with van der Waals surface area (Å²) < 4.78 is 0. The lowest BCUT2D eigenvalue weighted by atomic mass is 10.1. The van der Waals surface area contributed by atoms with Gasteiger partial charge in [-0.25, -0.2) is 0 Å². The van der Waals surface area contributed by atoms with Gasteiger partial charge in [0.05, 0.1) is 10.7 Å². The largest absolute Gasteiger partial charge is 0.376 e. The van der Waals surface area contributed by atoms with Crippen LogP contribution in [-0.2, 0) is 6.42 Å². The van der Waals surface area contributed by atoms with Gasteiger partial charge in [-0.15, -0.1) is 0 Å². The second-order valence-corrected chi connectivity index (χ2v) is 3.59. The maximum absolute atomic E-state index is 6.08. The normalized spacial score (nSPS) is 10.2. The van der Waals surface area contributed by atoms with Gasteiger partial charge in [-0.2, -0.15) is 0 Å². The first-order valence-corrected chi connectivity index (χ1v) is 4.69. The zero-order valence-electron chi connectivity index (χ0n) is 8.05. The molecule has 1 aromatic carbocycles. The Balaban J connectivity index is 3.10. The molecule has 13 heavy (non-hydrogen) atoms. The van der Waals surface area contributed by atoms with Crippen molar-refractivity contribution in [1.29, 1.82) is 0 Å². The van der Waals surface area contributed by atoms with E-state index in [0.717, 1.165) is 17.1 Å². The number of hydrogen-bond acceptors (Lipinski definition) is 2. The van der Waals surface area contributed by atoms with Gasteiger partial charge in [-0.05, 0) is 24.6 Å². The molecular formula is C10H15ClN2. The molecule has 0 aliphatic rings. The second-order valence-electron chi connectivity index (χ2n) is 3.18. The van der Waals surface area contributed by atoms with Crippen LogP contribution in [0.1, 0.15) is 5.56 Å². The lowest BCUT2D eigenvalue weighted by molar-refractivity contribution is 0.955. The quantitative estimate of drug-likeness (QED) is 0.804. The van der Waals surface area contributed by atoms with E-state index in [1.165, 1.54) is 5.56 Å². The summed E-state index contributed by atoms with van der Waals surface area (Å²) in [6, 6.07) is 5.92. The Kier molecular flexibility index (Phi) is 3.58. The second kappa shape index (κ2) is 4.49. The van der Waals surface area contributed by atoms with Crippen LogP contribution in [-0.4, -0.2) is 20.6 Å². The van der Waals surface area contributed by atoms with Crippen molar-refractivity contribution >= 4 is 17.3 Å². The minimum absolute atomic E-state index is 0.654. The van der Waals surface area contributed by atoms with Crippen LogP contribution < -0.4 is 10.6 Å². The maximum Gasteiger partial charge on any atom is 0.0642 e. The van der Waals surface area contributed by atoms with Crippen LogP contribution in [0.5, 0.6) is 0 Å². The van der Waals surface area contributed by atoms with Gasteiger partial charge in [0.25, 0.3) is 0 Å². The molecule has 0 saturated heterocycles. The average molecular weight is 199 g/mol. The molecule has 0 radical (unpaired) electrons. The average Bonchev–Trinajstić information content (AvgIpc) is 2.04. The highest BCUT2D eigenvalue weighted by atomic mass is 35.5. The number of nitrogens with two attached hydrogens (primary N) is 1. The van der Waals surface area contributed by atoms with Crippen molar-refractivity contribution in [3.8, 4) is 0 Å². The van der Waals surface area contributed by atoms with E-state index in [1.807, 2.05) is 31.1 Å². The molecule has 3 heteroatoms. The van der Waals surface area contributed by atoms with Crippen molar-refractivity contribution in [2.75, 3.05) is 25.5 Å². The topological polar surface area (TPSA) is 29.3 Å². The molecule has 2 N–H and O–H groups in total. The number of benzene rings is 1. The molecule has 0 amide bonds. The summed E-state index contributed by atoms with van der Waals surface area (Å²) in [5, 5.41) is 0.788. The van der Waals surface area contributed by atoms with Gasteiger partial charge in [0, 0.05) is 14.1 Å². The Hall–Kier alpha value is -0.730. The molecule has 0 fully saturated rings. The van der Waals surface area contributed by atoms with E-state index >= 15 is 0 Å². The number of hydrogen-bond donors (Lipinski definition) is 1. The third kappa shape index (κ3) is 2.36. The molecule has 0 aromatic heterocycles. The van der Waals surface area contributed by atoms with Crippen molar-refractivity contribution in [3.05, 3.63) is 28.8 Å². The number of nitrogens with zero attached hydrogens (tertiary/aromatic N) is 1. The highest BCUT2D eigenvalue weighted by molar-refractivity contribution is 6.33. The first-order valence-electron chi connectivity index (χ1n) is 4.31. The van der Waals surface area contributed by atoms with E-state index in [4.69, 9.17) is 17.3 Å². The van der Waals surface area contributed by atoms with Crippen LogP contribution in [0, 0.1) is 0 Å². The van der Waals surface area contributed by atoms with Crippen LogP contribution in [0.3, 0.4) is 0 Å². The molecule has 72 valence electrons. The maximum atomic E-state index is 6.08. The smallest absolute Gasteiger partial charge is 0.0642 e. The lowest BCUT2D eigenvalue weighted by Crippen LogP contribution is -2.14. The standard InChI is InChI=1S/C10H15ClN2/c1-13(2)10-8(6-7-12)4-3-5-9(10)11/h3-5H,6-7,12H2,1-2H3. The van der Waals surface area contributed by atoms with Gasteiger partial charge in [0.15, 0.2) is 0 Å². The molecule has 1 aromatic rings. The fourth-order valence-electron chi connectivity index (χ4n) is 1.42. The van der Waals surface area contributed by atoms with Crippen LogP contribution in [0.25, 0.3) is 0 Å². The molecule has 0 saturated carbocycles. The Labute approximate surface area is 84.3 Å². The molecule has 0 spiro atoms. The number of anilines is 1. The van der Waals surface area contributed by atoms with Crippen LogP contribution in [0.4, 0.5) is 5.69 Å². The van der Waals surface area contributed by atoms with Gasteiger partial charge in [-0.3, -0.25) is 0 Å². The Morgan fingerprint density at radius 2 is 2.08 bits per heavy atom. The Bertz CT molecular complexity index is 284. The number of rotatable bonds is 3. The van der Waals surface area contributed by atoms with Gasteiger partial charge in [0.2, 0.25) is 0 Å². The zero-order valence-corrected chi connectivity index (χ0v) is 8.80. The van der Waals surface area contributed by atoms with Gasteiger partial charge in [-0.1, -0.05) is 23.7 Å². The number of para-hydroxylation sites is 1. The minimum Gasteiger partial charge on any atom is -0.376 e. The monoisotopic (exact) mass is 198 g/mol. The van der Waals surface area contributed by atoms with E-state index in [1.54, 1.807) is 0 Å². The molecular weight excluding hydrogens is 184 g/mol. The molecule has 2 nitrogen and oxygen atoms in total. The predicted octanol–water partition coefficient (Wildman–Crippen LogP) is 1.91. The lowest BCUT2D eigenvalue weighted by Gasteiger charge is -2.18. The summed E-state index contributed by atoms with van der Waals surface area (Å²) in [5.41, 5.74) is 7.80. The van der Waals surface area contributed by atoms with Crippen LogP contribution in [0.2, 0.25) is 5.02 Å². The predicted molar refractivity (Wildman–Crippen MR) is 58.5 cm³/mol. The van der Waals surface area contributed by atoms with Crippen molar-refractivity contribution in [3.63, 3.8) is 0 Å². The SMILES string of the molecule is CN(C)c1c(Cl)cccc1CCN. The van der Waals surface area contributed by atoms with Gasteiger partial charge >= 0.3 is 0 Å². The molecule has 1 rings (SSSR count). The van der Waals surface area contributed by atoms with Crippen molar-refractivity contribution in [2.24, 2.45) is 5.73 Å². The van der Waals surface area contributed by atoms with Crippen LogP contribution in [0.15, 0.2) is 18.2 Å². The van der Waals surface area contributed by atoms with Gasteiger partial charge < -0.3 is 10.6 Å². The zero-order chi connectivity index (χ0) is 9.84. The fourth-order valence-corrected chi connectivity index (χ4v) is 1.78. The van der Waals surface area contributed by atoms with Crippen LogP contribution >= 0.6 is 11.6 Å². The summed E-state index contributed by atoms with van der Waals surface area (Å²) in [5.74, 6) is 0. The van der Waals surface area contributed by atoms with E-state index in [9.17, 15) is 0 Å². The summed E-state index contributed by atoms with van der Waals surface area (Å²) in [6.07, 6.45) is 0.869. The van der Waals surface area contributed by atoms with Gasteiger partial charge in [0.1, 0.15) is 0 Å². The third-order valence-electron chi connectivity index (χ3n) is 1.93. The van der Waals surface area contributed by atoms with Crippen molar-refractivity contribution in [1.82, 2.24) is 0 Å². The van der Waals surface area contributed by atoms with E-state index in [0.29, 0.717) is 6.54 Å². The fraction of sp³-hybridized carbons (Fsp3) is 0.400. The minimum atomic E-state index is 0.654. The first kappa shape index (κ1) is 10.4. The molecule has 0 unspecified atom stereocenters. The highest BCUT2D eigenvalue weighted by Gasteiger charge is 2.07. The molecule has 0 heterocycles. The third-order valence-corrected chi connectivity index (χ3v) is 2.24. The van der Waals surface area contributed by atoms with Crippen molar-refractivity contribution < 1.29 is 0 Å². The number of halogens is 1. The summed E-state index contributed by atoms with van der Waals surface area (Å²) in [7, 11) is 3.97. The van der Waals surface area contributed by atoms with E-state index in [-0.39, 0.29) is 0 Å². The molecule has 0 bridgehead atoms. The van der Waals surface area contributed by atoms with E-state index in [2.05, 4.69) is 6.07 Å². The Morgan fingerprint density at radius 3 is 2.62 bits per heavy atom. The summed E-state index contributed by atoms with van der Waals surface area (Å²) in [4.78, 5) is 2.02. The Morgan fingerprint density at radius 1 is 1.38 bits per heavy atom. The molecule has 0 atom stereocenters. The van der Waals surface area contributed by atoms with Crippen molar-refractivity contribution in [2.45, 2.75) is 6.42 Å². The summed E-state index contributed by atoms with van der Waals surface area (Å²) in [6.45, 7) is 0.654.